The van der Waals surface area contributed by atoms with Crippen LogP contribution in [0.15, 0.2) is 18.2 Å². The van der Waals surface area contributed by atoms with Gasteiger partial charge in [0.15, 0.2) is 11.5 Å². The van der Waals surface area contributed by atoms with Crippen molar-refractivity contribution in [3.05, 3.63) is 18.2 Å². The van der Waals surface area contributed by atoms with Crippen molar-refractivity contribution in [1.29, 1.82) is 0 Å². The third kappa shape index (κ3) is 4.16. The number of amides is 1. The summed E-state index contributed by atoms with van der Waals surface area (Å²) in [6, 6.07) is 4.90. The zero-order valence-corrected chi connectivity index (χ0v) is 15.3. The number of carbonyl (C=O) groups excluding carboxylic acids is 1. The van der Waals surface area contributed by atoms with Crippen molar-refractivity contribution in [3.8, 4) is 11.5 Å². The molecule has 3 rings (SSSR count). The van der Waals surface area contributed by atoms with Crippen LogP contribution in [0, 0.1) is 0 Å². The van der Waals surface area contributed by atoms with E-state index in [9.17, 15) is 13.2 Å². The van der Waals surface area contributed by atoms with Gasteiger partial charge in [-0.25, -0.2) is 8.42 Å². The molecule has 2 aliphatic rings. The van der Waals surface area contributed by atoms with Gasteiger partial charge in [0.25, 0.3) is 0 Å². The lowest BCUT2D eigenvalue weighted by Gasteiger charge is -2.34. The minimum absolute atomic E-state index is 0.201. The van der Waals surface area contributed by atoms with Crippen molar-refractivity contribution < 1.29 is 22.7 Å². The molecular formula is C16H23N3O5S. The van der Waals surface area contributed by atoms with Crippen LogP contribution in [0.1, 0.15) is 0 Å². The predicted octanol–water partition coefficient (Wildman–Crippen LogP) is -0.00220. The molecule has 0 spiro atoms. The summed E-state index contributed by atoms with van der Waals surface area (Å²) in [5.74, 6) is 0.867. The summed E-state index contributed by atoms with van der Waals surface area (Å²) in [5, 5.41) is 0. The van der Waals surface area contributed by atoms with Crippen LogP contribution >= 0.6 is 0 Å². The second-order valence-electron chi connectivity index (χ2n) is 6.28. The van der Waals surface area contributed by atoms with Gasteiger partial charge in [0.2, 0.25) is 15.9 Å². The van der Waals surface area contributed by atoms with E-state index in [0.29, 0.717) is 43.5 Å². The summed E-state index contributed by atoms with van der Waals surface area (Å²) < 4.78 is 36.6. The van der Waals surface area contributed by atoms with Gasteiger partial charge >= 0.3 is 0 Å². The average Bonchev–Trinajstić information content (AvgIpc) is 2.58. The van der Waals surface area contributed by atoms with Crippen molar-refractivity contribution in [2.45, 2.75) is 0 Å². The van der Waals surface area contributed by atoms with Gasteiger partial charge in [-0.15, -0.1) is 0 Å². The van der Waals surface area contributed by atoms with Crippen LogP contribution in [0.4, 0.5) is 5.69 Å². The Labute approximate surface area is 147 Å². The van der Waals surface area contributed by atoms with Crippen molar-refractivity contribution in [1.82, 2.24) is 9.80 Å². The maximum absolute atomic E-state index is 12.6. The molecule has 138 valence electrons. The molecule has 1 aromatic rings. The molecule has 1 saturated heterocycles. The molecule has 9 heteroatoms. The molecule has 1 fully saturated rings. The van der Waals surface area contributed by atoms with Crippen LogP contribution in [-0.2, 0) is 14.8 Å². The van der Waals surface area contributed by atoms with Crippen molar-refractivity contribution in [2.24, 2.45) is 0 Å². The summed E-state index contributed by atoms with van der Waals surface area (Å²) in [7, 11) is -1.61. The molecule has 0 bridgehead atoms. The standard InChI is InChI=1S/C16H23N3O5S/c1-17-5-7-18(8-6-17)16(20)12-19(25(2,21)22)13-3-4-14-15(11-13)24-10-9-23-14/h3-4,11H,5-10,12H2,1-2H3. The number of piperazine rings is 1. The van der Waals surface area contributed by atoms with Crippen LogP contribution < -0.4 is 13.8 Å². The molecule has 25 heavy (non-hydrogen) atoms. The lowest BCUT2D eigenvalue weighted by Crippen LogP contribution is -2.50. The van der Waals surface area contributed by atoms with Crippen molar-refractivity contribution in [3.63, 3.8) is 0 Å². The highest BCUT2D eigenvalue weighted by Gasteiger charge is 2.27. The highest BCUT2D eigenvalue weighted by Crippen LogP contribution is 2.34. The summed E-state index contributed by atoms with van der Waals surface area (Å²) in [6.45, 7) is 3.44. The summed E-state index contributed by atoms with van der Waals surface area (Å²) in [6.07, 6.45) is 1.10. The van der Waals surface area contributed by atoms with Gasteiger partial charge in [0.05, 0.1) is 11.9 Å². The van der Waals surface area contributed by atoms with Crippen LogP contribution in [0.2, 0.25) is 0 Å². The molecule has 1 amide bonds. The Balaban J connectivity index is 1.80. The second-order valence-corrected chi connectivity index (χ2v) is 8.19. The monoisotopic (exact) mass is 369 g/mol. The van der Waals surface area contributed by atoms with Crippen LogP contribution in [0.3, 0.4) is 0 Å². The van der Waals surface area contributed by atoms with Gasteiger partial charge in [-0.1, -0.05) is 0 Å². The van der Waals surface area contributed by atoms with Crippen molar-refractivity contribution in [2.75, 3.05) is 63.5 Å². The number of carbonyl (C=O) groups is 1. The van der Waals surface area contributed by atoms with E-state index >= 15 is 0 Å². The molecule has 2 aliphatic heterocycles. The summed E-state index contributed by atoms with van der Waals surface area (Å²) in [4.78, 5) is 16.4. The van der Waals surface area contributed by atoms with Gasteiger partial charge in [-0.2, -0.15) is 0 Å². The van der Waals surface area contributed by atoms with E-state index in [2.05, 4.69) is 4.90 Å². The Bertz CT molecular complexity index is 744. The number of fused-ring (bicyclic) bond motifs is 1. The van der Waals surface area contributed by atoms with Crippen LogP contribution in [0.25, 0.3) is 0 Å². The third-order valence-corrected chi connectivity index (χ3v) is 5.49. The Kier molecular flexibility index (Phi) is 5.05. The topological polar surface area (TPSA) is 79.4 Å². The number of nitrogens with zero attached hydrogens (tertiary/aromatic N) is 3. The normalized spacial score (nSPS) is 18.1. The first kappa shape index (κ1) is 17.8. The molecule has 0 radical (unpaired) electrons. The van der Waals surface area contributed by atoms with E-state index in [1.165, 1.54) is 0 Å². The molecule has 8 nitrogen and oxygen atoms in total. The molecule has 0 atom stereocenters. The Hall–Kier alpha value is -2.00. The largest absolute Gasteiger partial charge is 0.486 e. The first-order valence-corrected chi connectivity index (χ1v) is 10.0. The quantitative estimate of drug-likeness (QED) is 0.743. The lowest BCUT2D eigenvalue weighted by molar-refractivity contribution is -0.131. The van der Waals surface area contributed by atoms with Gasteiger partial charge < -0.3 is 19.3 Å². The van der Waals surface area contributed by atoms with E-state index in [-0.39, 0.29) is 12.5 Å². The minimum Gasteiger partial charge on any atom is -0.486 e. The maximum Gasteiger partial charge on any atom is 0.243 e. The fraction of sp³-hybridized carbons (Fsp3) is 0.562. The number of ether oxygens (including phenoxy) is 2. The second kappa shape index (κ2) is 7.09. The van der Waals surface area contributed by atoms with Gasteiger partial charge in [-0.05, 0) is 19.2 Å². The number of benzene rings is 1. The first-order chi connectivity index (χ1) is 11.8. The fourth-order valence-electron chi connectivity index (χ4n) is 2.87. The van der Waals surface area contributed by atoms with E-state index in [1.54, 1.807) is 23.1 Å². The molecule has 0 N–H and O–H groups in total. The summed E-state index contributed by atoms with van der Waals surface area (Å²) in [5.41, 5.74) is 0.397. The van der Waals surface area contributed by atoms with Gasteiger partial charge in [0, 0.05) is 32.2 Å². The highest BCUT2D eigenvalue weighted by molar-refractivity contribution is 7.92. The zero-order valence-electron chi connectivity index (χ0n) is 14.5. The predicted molar refractivity (Wildman–Crippen MR) is 93.7 cm³/mol. The number of hydrogen-bond donors (Lipinski definition) is 0. The average molecular weight is 369 g/mol. The number of anilines is 1. The van der Waals surface area contributed by atoms with Crippen LogP contribution in [-0.4, -0.2) is 83.4 Å². The van der Waals surface area contributed by atoms with Gasteiger partial charge in [0.1, 0.15) is 19.8 Å². The zero-order chi connectivity index (χ0) is 18.0. The van der Waals surface area contributed by atoms with E-state index in [0.717, 1.165) is 23.7 Å². The van der Waals surface area contributed by atoms with E-state index in [1.807, 2.05) is 7.05 Å². The van der Waals surface area contributed by atoms with E-state index < -0.39 is 10.0 Å². The molecule has 0 aliphatic carbocycles. The molecule has 0 aromatic heterocycles. The Morgan fingerprint density at radius 2 is 1.76 bits per heavy atom. The molecule has 2 heterocycles. The highest BCUT2D eigenvalue weighted by atomic mass is 32.2. The van der Waals surface area contributed by atoms with Crippen molar-refractivity contribution >= 4 is 21.6 Å². The fourth-order valence-corrected chi connectivity index (χ4v) is 3.71. The van der Waals surface area contributed by atoms with E-state index in [4.69, 9.17) is 9.47 Å². The number of likely N-dealkylation sites (N-methyl/N-ethyl adjacent to an activating group) is 1. The third-order valence-electron chi connectivity index (χ3n) is 4.35. The smallest absolute Gasteiger partial charge is 0.243 e. The van der Waals surface area contributed by atoms with Gasteiger partial charge in [-0.3, -0.25) is 9.10 Å². The molecule has 1 aromatic carbocycles. The number of rotatable bonds is 4. The Morgan fingerprint density at radius 3 is 2.40 bits per heavy atom. The number of hydrogen-bond acceptors (Lipinski definition) is 6. The molecule has 0 unspecified atom stereocenters. The summed E-state index contributed by atoms with van der Waals surface area (Å²) >= 11 is 0. The van der Waals surface area contributed by atoms with Crippen LogP contribution in [0.5, 0.6) is 11.5 Å². The molecular weight excluding hydrogens is 346 g/mol. The first-order valence-electron chi connectivity index (χ1n) is 8.18. The lowest BCUT2D eigenvalue weighted by atomic mass is 10.2. The Morgan fingerprint density at radius 1 is 1.12 bits per heavy atom. The number of sulfonamides is 1. The SMILES string of the molecule is CN1CCN(C(=O)CN(c2ccc3c(c2)OCCO3)S(C)(=O)=O)CC1. The maximum atomic E-state index is 12.6. The molecule has 0 saturated carbocycles. The minimum atomic E-state index is -3.61.